The van der Waals surface area contributed by atoms with Crippen molar-refractivity contribution in [3.8, 4) is 11.5 Å². The summed E-state index contributed by atoms with van der Waals surface area (Å²) >= 11 is 9.27. The summed E-state index contributed by atoms with van der Waals surface area (Å²) in [5.41, 5.74) is 0.130. The molecule has 110 valence electrons. The van der Waals surface area contributed by atoms with E-state index >= 15 is 0 Å². The Morgan fingerprint density at radius 3 is 2.62 bits per heavy atom. The van der Waals surface area contributed by atoms with Gasteiger partial charge in [-0.2, -0.15) is 0 Å². The number of carbonyl (C=O) groups is 1. The first kappa shape index (κ1) is 15.8. The lowest BCUT2D eigenvalue weighted by Gasteiger charge is -2.10. The van der Waals surface area contributed by atoms with Gasteiger partial charge < -0.3 is 9.47 Å². The van der Waals surface area contributed by atoms with Crippen LogP contribution in [-0.4, -0.2) is 19.5 Å². The third-order valence-electron chi connectivity index (χ3n) is 2.71. The van der Waals surface area contributed by atoms with Gasteiger partial charge in [-0.1, -0.05) is 27.5 Å². The largest absolute Gasteiger partial charge is 0.496 e. The van der Waals surface area contributed by atoms with E-state index in [9.17, 15) is 9.18 Å². The minimum absolute atomic E-state index is 0.130. The van der Waals surface area contributed by atoms with Crippen molar-refractivity contribution in [2.24, 2.45) is 0 Å². The molecule has 0 saturated heterocycles. The maximum atomic E-state index is 13.2. The van der Waals surface area contributed by atoms with Gasteiger partial charge in [0.25, 0.3) is 0 Å². The van der Waals surface area contributed by atoms with Gasteiger partial charge >= 0.3 is 0 Å². The molecule has 6 heteroatoms. The zero-order valence-corrected chi connectivity index (χ0v) is 13.4. The van der Waals surface area contributed by atoms with Crippen LogP contribution >= 0.6 is 27.5 Å². The fraction of sp³-hybridized carbons (Fsp3) is 0.133. The molecule has 0 fully saturated rings. The summed E-state index contributed by atoms with van der Waals surface area (Å²) in [5.74, 6) is -0.235. The Balaban J connectivity index is 2.13. The molecular formula is C15H11BrClFO3. The molecule has 0 atom stereocenters. The zero-order valence-electron chi connectivity index (χ0n) is 11.0. The summed E-state index contributed by atoms with van der Waals surface area (Å²) in [6.45, 7) is -0.263. The molecule has 0 aromatic heterocycles. The highest BCUT2D eigenvalue weighted by Crippen LogP contribution is 2.28. The van der Waals surface area contributed by atoms with Crippen LogP contribution < -0.4 is 9.47 Å². The minimum Gasteiger partial charge on any atom is -0.496 e. The second kappa shape index (κ2) is 6.91. The van der Waals surface area contributed by atoms with Crippen LogP contribution in [0.2, 0.25) is 5.02 Å². The first-order valence-electron chi connectivity index (χ1n) is 5.96. The van der Waals surface area contributed by atoms with Crippen LogP contribution in [0.25, 0.3) is 0 Å². The van der Waals surface area contributed by atoms with E-state index in [-0.39, 0.29) is 12.2 Å². The zero-order chi connectivity index (χ0) is 15.4. The number of carbonyl (C=O) groups excluding carboxylic acids is 1. The number of Topliss-reactive ketones (excluding diaryl/α,β-unsaturated/α-hetero) is 1. The topological polar surface area (TPSA) is 35.5 Å². The molecule has 0 aliphatic heterocycles. The van der Waals surface area contributed by atoms with Crippen LogP contribution in [0.3, 0.4) is 0 Å². The molecule has 21 heavy (non-hydrogen) atoms. The molecule has 3 nitrogen and oxygen atoms in total. The van der Waals surface area contributed by atoms with Crippen molar-refractivity contribution in [3.05, 3.63) is 57.3 Å². The standard InChI is InChI=1S/C15H11BrClFO3/c1-20-14-5-3-10(18)7-11(14)13(19)8-21-15-4-2-9(16)6-12(15)17/h2-7H,8H2,1H3. The van der Waals surface area contributed by atoms with Crippen LogP contribution in [0.5, 0.6) is 11.5 Å². The van der Waals surface area contributed by atoms with Gasteiger partial charge in [0.05, 0.1) is 17.7 Å². The van der Waals surface area contributed by atoms with E-state index in [1.165, 1.54) is 19.2 Å². The normalized spacial score (nSPS) is 10.3. The lowest BCUT2D eigenvalue weighted by molar-refractivity contribution is 0.0918. The Bertz CT molecular complexity index is 676. The molecular weight excluding hydrogens is 363 g/mol. The number of ketones is 1. The number of methoxy groups -OCH3 is 1. The lowest BCUT2D eigenvalue weighted by atomic mass is 10.1. The SMILES string of the molecule is COc1ccc(F)cc1C(=O)COc1ccc(Br)cc1Cl. The predicted octanol–water partition coefficient (Wildman–Crippen LogP) is 4.51. The maximum Gasteiger partial charge on any atom is 0.204 e. The van der Waals surface area contributed by atoms with Crippen LogP contribution in [0.1, 0.15) is 10.4 Å². The summed E-state index contributed by atoms with van der Waals surface area (Å²) in [6, 6.07) is 8.78. The number of hydrogen-bond acceptors (Lipinski definition) is 3. The number of rotatable bonds is 5. The van der Waals surface area contributed by atoms with Gasteiger partial charge in [-0.15, -0.1) is 0 Å². The van der Waals surface area contributed by atoms with E-state index in [1.807, 2.05) is 0 Å². The predicted molar refractivity (Wildman–Crippen MR) is 81.9 cm³/mol. The number of ether oxygens (including phenoxy) is 2. The monoisotopic (exact) mass is 372 g/mol. The summed E-state index contributed by atoms with van der Waals surface area (Å²) in [4.78, 5) is 12.1. The van der Waals surface area contributed by atoms with Gasteiger partial charge in [0, 0.05) is 4.47 Å². The van der Waals surface area contributed by atoms with Crippen LogP contribution in [0.4, 0.5) is 4.39 Å². The molecule has 0 radical (unpaired) electrons. The molecule has 0 amide bonds. The van der Waals surface area contributed by atoms with Gasteiger partial charge in [-0.25, -0.2) is 4.39 Å². The van der Waals surface area contributed by atoms with Crippen molar-refractivity contribution in [2.45, 2.75) is 0 Å². The highest BCUT2D eigenvalue weighted by molar-refractivity contribution is 9.10. The van der Waals surface area contributed by atoms with E-state index < -0.39 is 11.6 Å². The first-order valence-corrected chi connectivity index (χ1v) is 7.13. The lowest BCUT2D eigenvalue weighted by Crippen LogP contribution is -2.13. The Morgan fingerprint density at radius 1 is 1.24 bits per heavy atom. The quantitative estimate of drug-likeness (QED) is 0.723. The van der Waals surface area contributed by atoms with Gasteiger partial charge in [-0.3, -0.25) is 4.79 Å². The number of halogens is 3. The van der Waals surface area contributed by atoms with Crippen LogP contribution in [-0.2, 0) is 0 Å². The fourth-order valence-corrected chi connectivity index (χ4v) is 2.44. The summed E-state index contributed by atoms with van der Waals surface area (Å²) in [5, 5.41) is 0.378. The Morgan fingerprint density at radius 2 is 1.95 bits per heavy atom. The van der Waals surface area contributed by atoms with Crippen molar-refractivity contribution < 1.29 is 18.7 Å². The molecule has 2 aromatic rings. The third kappa shape index (κ3) is 3.95. The molecule has 2 rings (SSSR count). The first-order chi connectivity index (χ1) is 10.0. The smallest absolute Gasteiger partial charge is 0.204 e. The van der Waals surface area contributed by atoms with Crippen LogP contribution in [0.15, 0.2) is 40.9 Å². The van der Waals surface area contributed by atoms with Gasteiger partial charge in [0.15, 0.2) is 6.61 Å². The van der Waals surface area contributed by atoms with E-state index in [1.54, 1.807) is 18.2 Å². The molecule has 0 saturated carbocycles. The van der Waals surface area contributed by atoms with Crippen molar-refractivity contribution in [3.63, 3.8) is 0 Å². The van der Waals surface area contributed by atoms with Gasteiger partial charge in [0.2, 0.25) is 5.78 Å². The van der Waals surface area contributed by atoms with Gasteiger partial charge in [-0.05, 0) is 36.4 Å². The maximum absolute atomic E-state index is 13.2. The molecule has 0 aliphatic carbocycles. The second-order valence-electron chi connectivity index (χ2n) is 4.13. The van der Waals surface area contributed by atoms with E-state index in [2.05, 4.69) is 15.9 Å². The summed E-state index contributed by atoms with van der Waals surface area (Å²) in [7, 11) is 1.41. The van der Waals surface area contributed by atoms with E-state index in [4.69, 9.17) is 21.1 Å². The number of benzene rings is 2. The minimum atomic E-state index is -0.513. The fourth-order valence-electron chi connectivity index (χ4n) is 1.71. The third-order valence-corrected chi connectivity index (χ3v) is 3.50. The van der Waals surface area contributed by atoms with E-state index in [0.717, 1.165) is 10.5 Å². The molecule has 0 heterocycles. The molecule has 0 unspecified atom stereocenters. The van der Waals surface area contributed by atoms with Crippen molar-refractivity contribution in [1.82, 2.24) is 0 Å². The van der Waals surface area contributed by atoms with Crippen molar-refractivity contribution in [2.75, 3.05) is 13.7 Å². The average Bonchev–Trinajstić information content (AvgIpc) is 2.46. The molecule has 0 bridgehead atoms. The Kier molecular flexibility index (Phi) is 5.20. The second-order valence-corrected chi connectivity index (χ2v) is 5.45. The molecule has 0 spiro atoms. The van der Waals surface area contributed by atoms with E-state index in [0.29, 0.717) is 16.5 Å². The summed E-state index contributed by atoms with van der Waals surface area (Å²) < 4.78 is 24.4. The van der Waals surface area contributed by atoms with Crippen LogP contribution in [0, 0.1) is 5.82 Å². The van der Waals surface area contributed by atoms with Gasteiger partial charge in [0.1, 0.15) is 17.3 Å². The molecule has 0 aliphatic rings. The average molecular weight is 374 g/mol. The Hall–Kier alpha value is -1.59. The van der Waals surface area contributed by atoms with Crippen molar-refractivity contribution >= 4 is 33.3 Å². The number of hydrogen-bond donors (Lipinski definition) is 0. The molecule has 2 aromatic carbocycles. The highest BCUT2D eigenvalue weighted by atomic mass is 79.9. The molecule has 0 N–H and O–H groups in total. The highest BCUT2D eigenvalue weighted by Gasteiger charge is 2.15. The Labute approximate surface area is 134 Å². The van der Waals surface area contributed by atoms with Crippen molar-refractivity contribution in [1.29, 1.82) is 0 Å². The summed E-state index contributed by atoms with van der Waals surface area (Å²) in [6.07, 6.45) is 0.